The molecule has 4 unspecified atom stereocenters. The molecule has 2 rings (SSSR count). The van der Waals surface area contributed by atoms with E-state index in [4.69, 9.17) is 9.47 Å². The zero-order chi connectivity index (χ0) is 21.3. The highest BCUT2D eigenvalue weighted by Gasteiger charge is 2.36. The zero-order valence-corrected chi connectivity index (χ0v) is 18.3. The van der Waals surface area contributed by atoms with Crippen molar-refractivity contribution in [2.24, 2.45) is 17.8 Å². The lowest BCUT2D eigenvalue weighted by atomic mass is 9.75. The van der Waals surface area contributed by atoms with Crippen molar-refractivity contribution in [1.29, 1.82) is 0 Å². The lowest BCUT2D eigenvalue weighted by Crippen LogP contribution is -2.38. The van der Waals surface area contributed by atoms with Crippen molar-refractivity contribution in [2.45, 2.75) is 72.0 Å². The Morgan fingerprint density at radius 3 is 2.18 bits per heavy atom. The van der Waals surface area contributed by atoms with Crippen molar-refractivity contribution >= 4 is 12.3 Å². The van der Waals surface area contributed by atoms with Gasteiger partial charge in [0.15, 0.2) is 0 Å². The minimum Gasteiger partial charge on any atom is -0.438 e. The summed E-state index contributed by atoms with van der Waals surface area (Å²) in [5, 5.41) is 0. The predicted molar refractivity (Wildman–Crippen MR) is 108 cm³/mol. The summed E-state index contributed by atoms with van der Waals surface area (Å²) >= 11 is 0. The molecule has 0 amide bonds. The second-order valence-electron chi connectivity index (χ2n) is 8.23. The second-order valence-corrected chi connectivity index (χ2v) is 8.23. The SMILES string of the molecule is COC(=O)OC(C)(C)C1CC=C(C)C(C)C1.COC(=O)OC1C=CC(C)CC1. The van der Waals surface area contributed by atoms with E-state index in [1.807, 2.05) is 19.9 Å². The van der Waals surface area contributed by atoms with Gasteiger partial charge in [-0.2, -0.15) is 0 Å². The molecule has 4 atom stereocenters. The summed E-state index contributed by atoms with van der Waals surface area (Å²) in [5.74, 6) is 1.53. The van der Waals surface area contributed by atoms with Gasteiger partial charge in [0.05, 0.1) is 14.2 Å². The first kappa shape index (κ1) is 24.1. The Balaban J connectivity index is 0.000000292. The Kier molecular flexibility index (Phi) is 9.56. The van der Waals surface area contributed by atoms with Crippen LogP contribution in [0.5, 0.6) is 0 Å². The number of carbonyl (C=O) groups is 2. The maximum Gasteiger partial charge on any atom is 0.508 e. The van der Waals surface area contributed by atoms with Gasteiger partial charge in [0.1, 0.15) is 11.7 Å². The summed E-state index contributed by atoms with van der Waals surface area (Å²) in [6.07, 6.45) is 8.96. The molecule has 0 saturated carbocycles. The number of methoxy groups -OCH3 is 2. The van der Waals surface area contributed by atoms with Crippen LogP contribution in [0.1, 0.15) is 60.3 Å². The van der Waals surface area contributed by atoms with E-state index in [1.165, 1.54) is 19.8 Å². The van der Waals surface area contributed by atoms with Crippen LogP contribution in [0.3, 0.4) is 0 Å². The number of hydrogen-bond donors (Lipinski definition) is 0. The molecule has 2 aliphatic rings. The van der Waals surface area contributed by atoms with E-state index >= 15 is 0 Å². The average Bonchev–Trinajstić information content (AvgIpc) is 2.65. The standard InChI is InChI=1S/C13H22O3.C9H14O3/c1-9-6-7-11(8-10(9)2)13(3,4)16-12(14)15-5;1-7-3-5-8(6-4-7)12-9(10)11-2/h6,10-11H,7-8H2,1-5H3;3,5,7-8H,4,6H2,1-2H3. The van der Waals surface area contributed by atoms with Gasteiger partial charge >= 0.3 is 12.3 Å². The van der Waals surface area contributed by atoms with Gasteiger partial charge in [-0.1, -0.05) is 31.6 Å². The summed E-state index contributed by atoms with van der Waals surface area (Å²) in [6, 6.07) is 0. The van der Waals surface area contributed by atoms with Gasteiger partial charge in [-0.3, -0.25) is 0 Å². The largest absolute Gasteiger partial charge is 0.508 e. The van der Waals surface area contributed by atoms with Gasteiger partial charge in [-0.25, -0.2) is 9.59 Å². The molecule has 0 aromatic carbocycles. The molecule has 0 bridgehead atoms. The van der Waals surface area contributed by atoms with Crippen LogP contribution in [0.2, 0.25) is 0 Å². The van der Waals surface area contributed by atoms with Crippen LogP contribution >= 0.6 is 0 Å². The molecule has 2 aliphatic carbocycles. The summed E-state index contributed by atoms with van der Waals surface area (Å²) in [5.41, 5.74) is 0.976. The minimum atomic E-state index is -0.598. The first-order chi connectivity index (χ1) is 13.1. The van der Waals surface area contributed by atoms with E-state index in [2.05, 4.69) is 42.4 Å². The highest BCUT2D eigenvalue weighted by molar-refractivity contribution is 5.60. The summed E-state index contributed by atoms with van der Waals surface area (Å²) in [4.78, 5) is 21.8. The van der Waals surface area contributed by atoms with Crippen LogP contribution in [-0.2, 0) is 18.9 Å². The Morgan fingerprint density at radius 1 is 1.04 bits per heavy atom. The van der Waals surface area contributed by atoms with Crippen molar-refractivity contribution in [3.63, 3.8) is 0 Å². The maximum absolute atomic E-state index is 11.2. The number of rotatable bonds is 3. The summed E-state index contributed by atoms with van der Waals surface area (Å²) < 4.78 is 19.2. The highest BCUT2D eigenvalue weighted by Crippen LogP contribution is 2.37. The molecule has 0 aromatic heterocycles. The van der Waals surface area contributed by atoms with Gasteiger partial charge in [-0.15, -0.1) is 0 Å². The van der Waals surface area contributed by atoms with Crippen molar-refractivity contribution < 1.29 is 28.5 Å². The molecule has 0 aliphatic heterocycles. The molecular weight excluding hydrogens is 360 g/mol. The van der Waals surface area contributed by atoms with Crippen molar-refractivity contribution in [3.05, 3.63) is 23.8 Å². The molecule has 0 radical (unpaired) electrons. The Morgan fingerprint density at radius 2 is 1.68 bits per heavy atom. The Hall–Kier alpha value is -1.98. The van der Waals surface area contributed by atoms with Gasteiger partial charge < -0.3 is 18.9 Å². The molecule has 0 saturated heterocycles. The highest BCUT2D eigenvalue weighted by atomic mass is 16.7. The quantitative estimate of drug-likeness (QED) is 0.452. The molecule has 6 heteroatoms. The fraction of sp³-hybridized carbons (Fsp3) is 0.727. The molecule has 0 spiro atoms. The molecule has 28 heavy (non-hydrogen) atoms. The summed E-state index contributed by atoms with van der Waals surface area (Å²) in [7, 11) is 2.66. The normalized spacial score (nSPS) is 26.9. The lowest BCUT2D eigenvalue weighted by molar-refractivity contribution is -0.0454. The van der Waals surface area contributed by atoms with E-state index < -0.39 is 17.9 Å². The van der Waals surface area contributed by atoms with Gasteiger partial charge in [0.2, 0.25) is 0 Å². The second kappa shape index (κ2) is 11.1. The summed E-state index contributed by atoms with van der Waals surface area (Å²) in [6.45, 7) is 10.4. The lowest BCUT2D eigenvalue weighted by Gasteiger charge is -2.37. The zero-order valence-electron chi connectivity index (χ0n) is 18.3. The molecule has 0 N–H and O–H groups in total. The fourth-order valence-corrected chi connectivity index (χ4v) is 3.35. The third-order valence-corrected chi connectivity index (χ3v) is 5.61. The maximum atomic E-state index is 11.2. The van der Waals surface area contributed by atoms with Crippen LogP contribution in [-0.4, -0.2) is 38.2 Å². The third kappa shape index (κ3) is 7.95. The molecule has 0 heterocycles. The first-order valence-electron chi connectivity index (χ1n) is 9.95. The van der Waals surface area contributed by atoms with Crippen LogP contribution < -0.4 is 0 Å². The number of allylic oxidation sites excluding steroid dienone is 3. The van der Waals surface area contributed by atoms with E-state index in [1.54, 1.807) is 0 Å². The topological polar surface area (TPSA) is 71.1 Å². The van der Waals surface area contributed by atoms with Crippen LogP contribution in [0, 0.1) is 17.8 Å². The van der Waals surface area contributed by atoms with Crippen molar-refractivity contribution in [3.8, 4) is 0 Å². The van der Waals surface area contributed by atoms with Crippen molar-refractivity contribution in [2.75, 3.05) is 14.2 Å². The van der Waals surface area contributed by atoms with Crippen LogP contribution in [0.15, 0.2) is 23.8 Å². The van der Waals surface area contributed by atoms with E-state index in [-0.39, 0.29) is 6.10 Å². The average molecular weight is 397 g/mol. The van der Waals surface area contributed by atoms with E-state index in [9.17, 15) is 9.59 Å². The van der Waals surface area contributed by atoms with Crippen LogP contribution in [0.25, 0.3) is 0 Å². The molecular formula is C22H36O6. The smallest absolute Gasteiger partial charge is 0.438 e. The van der Waals surface area contributed by atoms with Crippen LogP contribution in [0.4, 0.5) is 9.59 Å². The number of hydrogen-bond acceptors (Lipinski definition) is 6. The van der Waals surface area contributed by atoms with E-state index in [0.717, 1.165) is 25.7 Å². The van der Waals surface area contributed by atoms with Crippen molar-refractivity contribution in [1.82, 2.24) is 0 Å². The Labute approximate surface area is 169 Å². The Bertz CT molecular complexity index is 578. The predicted octanol–water partition coefficient (Wildman–Crippen LogP) is 5.66. The third-order valence-electron chi connectivity index (χ3n) is 5.61. The first-order valence-corrected chi connectivity index (χ1v) is 9.95. The van der Waals surface area contributed by atoms with Gasteiger partial charge in [-0.05, 0) is 64.4 Å². The number of ether oxygens (including phenoxy) is 4. The molecule has 160 valence electrons. The van der Waals surface area contributed by atoms with E-state index in [0.29, 0.717) is 17.8 Å². The monoisotopic (exact) mass is 396 g/mol. The van der Waals surface area contributed by atoms with Gasteiger partial charge in [0, 0.05) is 5.92 Å². The fourth-order valence-electron chi connectivity index (χ4n) is 3.35. The molecule has 0 fully saturated rings. The number of carbonyl (C=O) groups excluding carboxylic acids is 2. The minimum absolute atomic E-state index is 0.0892. The van der Waals surface area contributed by atoms with Gasteiger partial charge in [0.25, 0.3) is 0 Å². The molecule has 6 nitrogen and oxygen atoms in total. The molecule has 0 aromatic rings.